The maximum absolute atomic E-state index is 11.7. The van der Waals surface area contributed by atoms with E-state index in [1.54, 1.807) is 0 Å². The van der Waals surface area contributed by atoms with Gasteiger partial charge in [0.2, 0.25) is 5.91 Å². The molecule has 4 heteroatoms. The quantitative estimate of drug-likeness (QED) is 0.840. The number of aldehydes is 1. The van der Waals surface area contributed by atoms with Crippen molar-refractivity contribution < 1.29 is 9.59 Å². The predicted molar refractivity (Wildman–Crippen MR) is 69.7 cm³/mol. The Morgan fingerprint density at radius 2 is 2.17 bits per heavy atom. The largest absolute Gasteiger partial charge is 0.341 e. The van der Waals surface area contributed by atoms with Gasteiger partial charge in [0.1, 0.15) is 0 Å². The summed E-state index contributed by atoms with van der Waals surface area (Å²) in [4.78, 5) is 22.5. The van der Waals surface area contributed by atoms with E-state index in [1.165, 1.54) is 0 Å². The number of anilines is 1. The Hall–Kier alpha value is -2.10. The molecule has 1 aromatic heterocycles. The lowest BCUT2D eigenvalue weighted by molar-refractivity contribution is -0.117. The number of hydrogen-bond donors (Lipinski definition) is 1. The summed E-state index contributed by atoms with van der Waals surface area (Å²) in [7, 11) is 1.86. The van der Waals surface area contributed by atoms with Gasteiger partial charge in [-0.15, -0.1) is 0 Å². The van der Waals surface area contributed by atoms with E-state index in [9.17, 15) is 9.59 Å². The Morgan fingerprint density at radius 3 is 2.83 bits per heavy atom. The second kappa shape index (κ2) is 3.98. The van der Waals surface area contributed by atoms with Crippen LogP contribution >= 0.6 is 0 Å². The van der Waals surface area contributed by atoms with Crippen LogP contribution in [-0.2, 0) is 11.8 Å². The third-order valence-electron chi connectivity index (χ3n) is 3.42. The van der Waals surface area contributed by atoms with E-state index in [4.69, 9.17) is 0 Å². The van der Waals surface area contributed by atoms with Crippen molar-refractivity contribution in [2.45, 2.75) is 12.8 Å². The molecule has 1 aliphatic carbocycles. The number of fused-ring (bicyclic) bond motifs is 1. The van der Waals surface area contributed by atoms with Crippen LogP contribution in [0.5, 0.6) is 0 Å². The summed E-state index contributed by atoms with van der Waals surface area (Å²) >= 11 is 0. The zero-order chi connectivity index (χ0) is 12.7. The molecule has 1 amide bonds. The second-order valence-electron chi connectivity index (χ2n) is 4.78. The van der Waals surface area contributed by atoms with Crippen molar-refractivity contribution in [3.63, 3.8) is 0 Å². The average molecular weight is 242 g/mol. The lowest BCUT2D eigenvalue weighted by atomic mass is 10.2. The molecule has 4 nitrogen and oxygen atoms in total. The topological polar surface area (TPSA) is 51.1 Å². The molecule has 1 saturated carbocycles. The van der Waals surface area contributed by atoms with Crippen molar-refractivity contribution in [3.8, 4) is 0 Å². The molecule has 1 heterocycles. The molecule has 18 heavy (non-hydrogen) atoms. The standard InChI is InChI=1S/C14H14N2O2/c1-16-12(8-17)7-10-6-11(4-5-13(10)16)15-14(18)9-2-3-9/h4-9H,2-3H2,1H3,(H,15,18). The SMILES string of the molecule is Cn1c(C=O)cc2cc(NC(=O)C3CC3)ccc21. The molecule has 1 fully saturated rings. The van der Waals surface area contributed by atoms with Crippen LogP contribution in [0.4, 0.5) is 5.69 Å². The molecule has 0 saturated heterocycles. The molecule has 0 aliphatic heterocycles. The zero-order valence-electron chi connectivity index (χ0n) is 10.1. The fourth-order valence-electron chi connectivity index (χ4n) is 2.15. The molecule has 0 spiro atoms. The summed E-state index contributed by atoms with van der Waals surface area (Å²) in [5.74, 6) is 0.294. The predicted octanol–water partition coefficient (Wildman–Crippen LogP) is 2.34. The van der Waals surface area contributed by atoms with Crippen LogP contribution in [0.3, 0.4) is 0 Å². The summed E-state index contributed by atoms with van der Waals surface area (Å²) in [6.07, 6.45) is 2.83. The molecule has 0 radical (unpaired) electrons. The first-order valence-electron chi connectivity index (χ1n) is 6.04. The van der Waals surface area contributed by atoms with Gasteiger partial charge in [-0.25, -0.2) is 0 Å². The number of aromatic nitrogens is 1. The minimum atomic E-state index is 0.0980. The van der Waals surface area contributed by atoms with Crippen molar-refractivity contribution in [2.75, 3.05) is 5.32 Å². The van der Waals surface area contributed by atoms with E-state index < -0.39 is 0 Å². The van der Waals surface area contributed by atoms with Gasteiger partial charge in [-0.2, -0.15) is 0 Å². The average Bonchev–Trinajstić information content (AvgIpc) is 3.15. The number of carbonyl (C=O) groups excluding carboxylic acids is 2. The number of hydrogen-bond acceptors (Lipinski definition) is 2. The molecule has 0 unspecified atom stereocenters. The Kier molecular flexibility index (Phi) is 2.44. The smallest absolute Gasteiger partial charge is 0.227 e. The Morgan fingerprint density at radius 1 is 1.39 bits per heavy atom. The van der Waals surface area contributed by atoms with Gasteiger partial charge in [0.15, 0.2) is 6.29 Å². The Labute approximate surface area is 105 Å². The number of benzene rings is 1. The molecule has 1 aromatic carbocycles. The molecule has 1 N–H and O–H groups in total. The Bertz CT molecular complexity index is 639. The Balaban J connectivity index is 1.95. The van der Waals surface area contributed by atoms with Crippen molar-refractivity contribution in [3.05, 3.63) is 30.0 Å². The zero-order valence-corrected chi connectivity index (χ0v) is 10.1. The number of carbonyl (C=O) groups is 2. The van der Waals surface area contributed by atoms with Gasteiger partial charge in [0.05, 0.1) is 5.69 Å². The highest BCUT2D eigenvalue weighted by Crippen LogP contribution is 2.30. The highest BCUT2D eigenvalue weighted by Gasteiger charge is 2.29. The maximum atomic E-state index is 11.7. The number of nitrogens with one attached hydrogen (secondary N) is 1. The molecule has 2 aromatic rings. The number of nitrogens with zero attached hydrogens (tertiary/aromatic N) is 1. The van der Waals surface area contributed by atoms with Crippen molar-refractivity contribution in [2.24, 2.45) is 13.0 Å². The van der Waals surface area contributed by atoms with Crippen LogP contribution in [0.15, 0.2) is 24.3 Å². The monoisotopic (exact) mass is 242 g/mol. The van der Waals surface area contributed by atoms with Crippen LogP contribution in [0.1, 0.15) is 23.3 Å². The van der Waals surface area contributed by atoms with Gasteiger partial charge in [0, 0.05) is 29.6 Å². The summed E-state index contributed by atoms with van der Waals surface area (Å²) < 4.78 is 1.84. The van der Waals surface area contributed by atoms with Gasteiger partial charge in [-0.1, -0.05) is 0 Å². The van der Waals surface area contributed by atoms with Crippen LogP contribution in [0.2, 0.25) is 0 Å². The van der Waals surface area contributed by atoms with Crippen LogP contribution in [-0.4, -0.2) is 16.8 Å². The van der Waals surface area contributed by atoms with Gasteiger partial charge in [0.25, 0.3) is 0 Å². The summed E-state index contributed by atoms with van der Waals surface area (Å²) in [5, 5.41) is 3.87. The van der Waals surface area contributed by atoms with Gasteiger partial charge < -0.3 is 9.88 Å². The number of rotatable bonds is 3. The fourth-order valence-corrected chi connectivity index (χ4v) is 2.15. The molecule has 3 rings (SSSR count). The molecule has 1 aliphatic rings. The number of amides is 1. The van der Waals surface area contributed by atoms with Crippen molar-refractivity contribution >= 4 is 28.8 Å². The van der Waals surface area contributed by atoms with Gasteiger partial charge in [-0.3, -0.25) is 9.59 Å². The second-order valence-corrected chi connectivity index (χ2v) is 4.78. The first-order valence-corrected chi connectivity index (χ1v) is 6.04. The third-order valence-corrected chi connectivity index (χ3v) is 3.42. The van der Waals surface area contributed by atoms with E-state index in [1.807, 2.05) is 35.9 Å². The van der Waals surface area contributed by atoms with Crippen LogP contribution in [0, 0.1) is 5.92 Å². The molecule has 92 valence electrons. The van der Waals surface area contributed by atoms with E-state index in [-0.39, 0.29) is 11.8 Å². The lowest BCUT2D eigenvalue weighted by Gasteiger charge is -2.04. The highest BCUT2D eigenvalue weighted by molar-refractivity contribution is 5.97. The number of aryl methyl sites for hydroxylation is 1. The molecular formula is C14H14N2O2. The van der Waals surface area contributed by atoms with Crippen molar-refractivity contribution in [1.82, 2.24) is 4.57 Å². The third kappa shape index (κ3) is 1.79. The summed E-state index contributed by atoms with van der Waals surface area (Å²) in [5.41, 5.74) is 2.42. The lowest BCUT2D eigenvalue weighted by Crippen LogP contribution is -2.13. The molecule has 0 bridgehead atoms. The van der Waals surface area contributed by atoms with Gasteiger partial charge >= 0.3 is 0 Å². The van der Waals surface area contributed by atoms with Gasteiger partial charge in [-0.05, 0) is 37.1 Å². The van der Waals surface area contributed by atoms with E-state index in [2.05, 4.69) is 5.32 Å². The van der Waals surface area contributed by atoms with E-state index >= 15 is 0 Å². The normalized spacial score (nSPS) is 14.7. The molecule has 0 atom stereocenters. The summed E-state index contributed by atoms with van der Waals surface area (Å²) in [6, 6.07) is 7.53. The van der Waals surface area contributed by atoms with E-state index in [0.717, 1.165) is 35.7 Å². The fraction of sp³-hybridized carbons (Fsp3) is 0.286. The highest BCUT2D eigenvalue weighted by atomic mass is 16.2. The van der Waals surface area contributed by atoms with Crippen LogP contribution in [0.25, 0.3) is 10.9 Å². The first kappa shape index (κ1) is 11.0. The first-order chi connectivity index (χ1) is 8.69. The maximum Gasteiger partial charge on any atom is 0.227 e. The molecular weight excluding hydrogens is 228 g/mol. The van der Waals surface area contributed by atoms with Crippen molar-refractivity contribution in [1.29, 1.82) is 0 Å². The summed E-state index contributed by atoms with van der Waals surface area (Å²) in [6.45, 7) is 0. The van der Waals surface area contributed by atoms with Crippen LogP contribution < -0.4 is 5.32 Å². The van der Waals surface area contributed by atoms with E-state index in [0.29, 0.717) is 5.69 Å². The minimum Gasteiger partial charge on any atom is -0.341 e. The minimum absolute atomic E-state index is 0.0980.